The fourth-order valence-corrected chi connectivity index (χ4v) is 4.80. The maximum absolute atomic E-state index is 12.9. The van der Waals surface area contributed by atoms with Gasteiger partial charge in [0.25, 0.3) is 11.4 Å². The van der Waals surface area contributed by atoms with Crippen molar-refractivity contribution in [2.24, 2.45) is 17.4 Å². The number of nitrogens with one attached hydrogen (secondary N) is 1. The molecular formula is C22H33F3N4O2S. The molecule has 0 bridgehead atoms. The third-order valence-corrected chi connectivity index (χ3v) is 6.41. The molecule has 1 aromatic rings. The fraction of sp³-hybridized carbons (Fsp3) is 0.545. The van der Waals surface area contributed by atoms with Crippen molar-refractivity contribution in [3.8, 4) is 0 Å². The molecule has 3 rings (SSSR count). The Bertz CT molecular complexity index is 775. The Morgan fingerprint density at radius 3 is 2.66 bits per heavy atom. The number of rotatable bonds is 7. The number of benzene rings is 1. The van der Waals surface area contributed by atoms with Gasteiger partial charge in [-0.3, -0.25) is 0 Å². The Labute approximate surface area is 190 Å². The van der Waals surface area contributed by atoms with Gasteiger partial charge in [-0.25, -0.2) is 13.3 Å². The van der Waals surface area contributed by atoms with Crippen LogP contribution in [-0.4, -0.2) is 34.8 Å². The maximum Gasteiger partial charge on any atom is 0.274 e. The van der Waals surface area contributed by atoms with Gasteiger partial charge in [-0.2, -0.15) is 4.94 Å². The maximum atomic E-state index is 12.9. The standard InChI is InChI=1S/C12H15F.C10H18F2N4O2S/c13-12-8-4-7-11(9-12)10-5-2-1-3-6-10;11-18-7-8-6-16(10(14)2-1-4-13)5-3-9(8)15-19(12)17/h4,7-10H,1-3,5-6H2;1-2,4,8-9,15H,3,5-7,13-14H2/b;4-1-,10-2+. The fourth-order valence-electron chi connectivity index (χ4n) is 4.25. The van der Waals surface area contributed by atoms with Crippen molar-refractivity contribution < 1.29 is 22.0 Å². The SMILES string of the molecule is Fc1cccc(C2CCCCC2)c1.N/C=C\C=C(/N)N1CCC(NS(=O)F)C(COF)C1. The van der Waals surface area contributed by atoms with Gasteiger partial charge >= 0.3 is 0 Å². The van der Waals surface area contributed by atoms with Gasteiger partial charge in [0.05, 0.1) is 12.4 Å². The van der Waals surface area contributed by atoms with Crippen molar-refractivity contribution in [2.45, 2.75) is 50.5 Å². The van der Waals surface area contributed by atoms with Crippen molar-refractivity contribution in [3.05, 3.63) is 59.8 Å². The molecule has 0 amide bonds. The lowest BCUT2D eigenvalue weighted by Crippen LogP contribution is -2.51. The van der Waals surface area contributed by atoms with E-state index in [1.807, 2.05) is 11.0 Å². The molecule has 1 aromatic carbocycles. The van der Waals surface area contributed by atoms with E-state index >= 15 is 0 Å². The van der Waals surface area contributed by atoms with Crippen LogP contribution in [0.2, 0.25) is 0 Å². The predicted molar refractivity (Wildman–Crippen MR) is 121 cm³/mol. The molecule has 5 N–H and O–H groups in total. The average Bonchev–Trinajstić information content (AvgIpc) is 2.79. The summed E-state index contributed by atoms with van der Waals surface area (Å²) in [5.41, 5.74) is 12.2. The number of allylic oxidation sites excluding steroid dienone is 2. The number of likely N-dealkylation sites (tertiary alicyclic amines) is 1. The van der Waals surface area contributed by atoms with Crippen molar-refractivity contribution in [2.75, 3.05) is 19.7 Å². The van der Waals surface area contributed by atoms with E-state index in [1.165, 1.54) is 49.9 Å². The molecule has 0 radical (unpaired) electrons. The first-order chi connectivity index (χ1) is 15.4. The summed E-state index contributed by atoms with van der Waals surface area (Å²) in [5, 5.41) is 0. The number of piperidine rings is 1. The lowest BCUT2D eigenvalue weighted by Gasteiger charge is -2.38. The van der Waals surface area contributed by atoms with Gasteiger partial charge in [-0.1, -0.05) is 31.4 Å². The third kappa shape index (κ3) is 8.84. The summed E-state index contributed by atoms with van der Waals surface area (Å²) >= 11 is -2.63. The number of nitrogens with two attached hydrogens (primary N) is 2. The van der Waals surface area contributed by atoms with Gasteiger partial charge in [0.1, 0.15) is 5.82 Å². The highest BCUT2D eigenvalue weighted by atomic mass is 32.2. The highest BCUT2D eigenvalue weighted by Gasteiger charge is 2.31. The van der Waals surface area contributed by atoms with Gasteiger partial charge in [0, 0.05) is 25.0 Å². The quantitative estimate of drug-likeness (QED) is 0.412. The lowest BCUT2D eigenvalue weighted by atomic mass is 9.84. The van der Waals surface area contributed by atoms with Crippen LogP contribution in [0.4, 0.5) is 12.8 Å². The summed E-state index contributed by atoms with van der Waals surface area (Å²) in [6.45, 7) is 0.698. The summed E-state index contributed by atoms with van der Waals surface area (Å²) < 4.78 is 50.2. The molecule has 0 spiro atoms. The normalized spacial score (nSPS) is 23.6. The minimum atomic E-state index is -2.63. The van der Waals surface area contributed by atoms with Crippen LogP contribution < -0.4 is 16.2 Å². The molecule has 1 heterocycles. The molecule has 1 aliphatic heterocycles. The first-order valence-corrected chi connectivity index (χ1v) is 11.9. The van der Waals surface area contributed by atoms with Crippen molar-refractivity contribution in [1.82, 2.24) is 9.62 Å². The van der Waals surface area contributed by atoms with Crippen LogP contribution in [0.25, 0.3) is 0 Å². The van der Waals surface area contributed by atoms with E-state index in [1.54, 1.807) is 18.2 Å². The van der Waals surface area contributed by atoms with E-state index < -0.39 is 17.4 Å². The minimum Gasteiger partial charge on any atom is -0.405 e. The monoisotopic (exact) mass is 474 g/mol. The largest absolute Gasteiger partial charge is 0.405 e. The molecule has 0 aromatic heterocycles. The molecule has 3 unspecified atom stereocenters. The van der Waals surface area contributed by atoms with Crippen molar-refractivity contribution in [3.63, 3.8) is 0 Å². The topological polar surface area (TPSA) is 93.6 Å². The molecule has 180 valence electrons. The first-order valence-electron chi connectivity index (χ1n) is 10.9. The van der Waals surface area contributed by atoms with Gasteiger partial charge in [-0.15, -0.1) is 3.89 Å². The second kappa shape index (κ2) is 14.2. The Morgan fingerprint density at radius 1 is 1.28 bits per heavy atom. The smallest absolute Gasteiger partial charge is 0.274 e. The molecule has 3 atom stereocenters. The summed E-state index contributed by atoms with van der Waals surface area (Å²) in [6.07, 6.45) is 11.5. The summed E-state index contributed by atoms with van der Waals surface area (Å²) in [6, 6.07) is 6.66. The van der Waals surface area contributed by atoms with E-state index in [0.29, 0.717) is 31.2 Å². The number of nitrogens with zero attached hydrogens (tertiary/aromatic N) is 1. The average molecular weight is 475 g/mol. The molecule has 10 heteroatoms. The van der Waals surface area contributed by atoms with Crippen LogP contribution >= 0.6 is 0 Å². The van der Waals surface area contributed by atoms with Crippen LogP contribution in [0.15, 0.2) is 48.4 Å². The molecule has 6 nitrogen and oxygen atoms in total. The number of hydrogen-bond donors (Lipinski definition) is 3. The Balaban J connectivity index is 0.000000242. The van der Waals surface area contributed by atoms with Crippen LogP contribution in [0.5, 0.6) is 0 Å². The van der Waals surface area contributed by atoms with E-state index in [-0.39, 0.29) is 18.3 Å². The number of halogens is 3. The van der Waals surface area contributed by atoms with E-state index in [9.17, 15) is 17.0 Å². The molecule has 2 aliphatic rings. The van der Waals surface area contributed by atoms with Gasteiger partial charge < -0.3 is 16.4 Å². The highest BCUT2D eigenvalue weighted by Crippen LogP contribution is 2.32. The zero-order chi connectivity index (χ0) is 23.3. The van der Waals surface area contributed by atoms with Crippen LogP contribution in [0.3, 0.4) is 0 Å². The molecule has 1 saturated carbocycles. The number of hydrogen-bond acceptors (Lipinski definition) is 5. The van der Waals surface area contributed by atoms with Gasteiger partial charge in [0.15, 0.2) is 0 Å². The van der Waals surface area contributed by atoms with Gasteiger partial charge in [0.2, 0.25) is 0 Å². The van der Waals surface area contributed by atoms with Crippen LogP contribution in [0, 0.1) is 11.7 Å². The lowest BCUT2D eigenvalue weighted by molar-refractivity contribution is -0.151. The molecule has 32 heavy (non-hydrogen) atoms. The van der Waals surface area contributed by atoms with Crippen LogP contribution in [0.1, 0.15) is 50.0 Å². The molecule has 1 saturated heterocycles. The van der Waals surface area contributed by atoms with E-state index in [0.717, 1.165) is 0 Å². The second-order valence-electron chi connectivity index (χ2n) is 8.08. The zero-order valence-corrected chi connectivity index (χ0v) is 18.9. The van der Waals surface area contributed by atoms with Gasteiger partial charge in [-0.05, 0) is 65.8 Å². The van der Waals surface area contributed by atoms with E-state index in [4.69, 9.17) is 11.5 Å². The Morgan fingerprint density at radius 2 is 2.03 bits per heavy atom. The predicted octanol–water partition coefficient (Wildman–Crippen LogP) is 3.86. The minimum absolute atomic E-state index is 0.0944. The second-order valence-corrected chi connectivity index (χ2v) is 8.77. The molecule has 2 fully saturated rings. The summed E-state index contributed by atoms with van der Waals surface area (Å²) in [7, 11) is 0. The summed E-state index contributed by atoms with van der Waals surface area (Å²) in [5.74, 6) is 0.644. The zero-order valence-electron chi connectivity index (χ0n) is 18.1. The molecule has 1 aliphatic carbocycles. The third-order valence-electron chi connectivity index (χ3n) is 5.92. The van der Waals surface area contributed by atoms with Crippen LogP contribution in [-0.2, 0) is 16.3 Å². The summed E-state index contributed by atoms with van der Waals surface area (Å²) in [4.78, 5) is 5.43. The first kappa shape index (κ1) is 26.2. The van der Waals surface area contributed by atoms with Crippen molar-refractivity contribution in [1.29, 1.82) is 0 Å². The Hall–Kier alpha value is -2.04. The highest BCUT2D eigenvalue weighted by molar-refractivity contribution is 7.77. The van der Waals surface area contributed by atoms with Crippen molar-refractivity contribution >= 4 is 11.4 Å². The molecular weight excluding hydrogens is 441 g/mol. The Kier molecular flexibility index (Phi) is 11.6. The van der Waals surface area contributed by atoms with E-state index in [2.05, 4.69) is 15.7 Å².